The van der Waals surface area contributed by atoms with Gasteiger partial charge in [0.15, 0.2) is 9.84 Å². The third kappa shape index (κ3) is 2.75. The molecule has 19 heavy (non-hydrogen) atoms. The van der Waals surface area contributed by atoms with Crippen LogP contribution in [0.1, 0.15) is 18.4 Å². The Morgan fingerprint density at radius 3 is 2.84 bits per heavy atom. The number of hydrogen-bond acceptors (Lipinski definition) is 6. The van der Waals surface area contributed by atoms with E-state index in [4.69, 9.17) is 0 Å². The van der Waals surface area contributed by atoms with Crippen molar-refractivity contribution in [1.29, 1.82) is 0 Å². The second-order valence-corrected chi connectivity index (χ2v) is 6.77. The maximum atomic E-state index is 12.0. The Morgan fingerprint density at radius 1 is 1.47 bits per heavy atom. The lowest BCUT2D eigenvalue weighted by Gasteiger charge is -2.18. The first-order valence-corrected chi connectivity index (χ1v) is 7.61. The number of non-ortho nitro benzene ring substituents is 1. The highest BCUT2D eigenvalue weighted by molar-refractivity contribution is 7.92. The van der Waals surface area contributed by atoms with Crippen LogP contribution in [-0.2, 0) is 9.84 Å². The van der Waals surface area contributed by atoms with E-state index < -0.39 is 20.1 Å². The summed E-state index contributed by atoms with van der Waals surface area (Å²) in [7, 11) is -3.27. The lowest BCUT2D eigenvalue weighted by molar-refractivity contribution is -0.384. The Hall–Kier alpha value is -1.51. The van der Waals surface area contributed by atoms with E-state index in [2.05, 4.69) is 10.9 Å². The van der Waals surface area contributed by atoms with Crippen LogP contribution in [0.25, 0.3) is 0 Å². The number of nitrogens with zero attached hydrogens (tertiary/aromatic N) is 1. The number of benzene rings is 1. The van der Waals surface area contributed by atoms with Crippen LogP contribution in [0.4, 0.5) is 5.69 Å². The van der Waals surface area contributed by atoms with Crippen LogP contribution in [0, 0.1) is 10.1 Å². The highest BCUT2D eigenvalue weighted by Crippen LogP contribution is 2.28. The summed E-state index contributed by atoms with van der Waals surface area (Å²) in [5.41, 5.74) is 6.16. The topological polar surface area (TPSA) is 101 Å². The first kappa shape index (κ1) is 13.9. The molecule has 0 amide bonds. The van der Waals surface area contributed by atoms with E-state index in [1.165, 1.54) is 12.1 Å². The van der Waals surface area contributed by atoms with E-state index in [1.54, 1.807) is 19.1 Å². The summed E-state index contributed by atoms with van der Waals surface area (Å²) in [5.74, 6) is -0.303. The molecule has 2 N–H and O–H groups in total. The highest BCUT2D eigenvalue weighted by Gasteiger charge is 2.37. The minimum absolute atomic E-state index is 0.0256. The number of nitro groups is 1. The van der Waals surface area contributed by atoms with Crippen LogP contribution in [0.15, 0.2) is 24.3 Å². The monoisotopic (exact) mass is 285 g/mol. The zero-order valence-corrected chi connectivity index (χ0v) is 11.2. The van der Waals surface area contributed by atoms with Crippen LogP contribution in [-0.4, -0.2) is 31.0 Å². The van der Waals surface area contributed by atoms with Gasteiger partial charge in [0.05, 0.1) is 4.92 Å². The summed E-state index contributed by atoms with van der Waals surface area (Å²) in [4.78, 5) is 10.3. The zero-order chi connectivity index (χ0) is 14.0. The molecule has 2 rings (SSSR count). The summed E-state index contributed by atoms with van der Waals surface area (Å²) in [6.45, 7) is 2.00. The van der Waals surface area contributed by atoms with Gasteiger partial charge in [-0.2, -0.15) is 0 Å². The molecule has 1 aromatic rings. The van der Waals surface area contributed by atoms with Crippen LogP contribution >= 0.6 is 0 Å². The molecule has 0 saturated carbocycles. The molecule has 0 spiro atoms. The number of rotatable bonds is 4. The number of sulfone groups is 1. The van der Waals surface area contributed by atoms with Gasteiger partial charge >= 0.3 is 0 Å². The Morgan fingerprint density at radius 2 is 2.21 bits per heavy atom. The zero-order valence-electron chi connectivity index (χ0n) is 10.4. The van der Waals surface area contributed by atoms with Gasteiger partial charge in [0.2, 0.25) is 0 Å². The maximum Gasteiger partial charge on any atom is 0.269 e. The third-order valence-electron chi connectivity index (χ3n) is 3.23. The van der Waals surface area contributed by atoms with E-state index in [9.17, 15) is 18.5 Å². The van der Waals surface area contributed by atoms with Gasteiger partial charge in [0.25, 0.3) is 5.69 Å². The molecule has 1 fully saturated rings. The van der Waals surface area contributed by atoms with E-state index in [0.29, 0.717) is 12.1 Å². The molecule has 1 aliphatic rings. The normalized spacial score (nSPS) is 23.4. The first-order chi connectivity index (χ1) is 8.95. The highest BCUT2D eigenvalue weighted by atomic mass is 32.2. The van der Waals surface area contributed by atoms with Crippen molar-refractivity contribution in [2.75, 3.05) is 12.3 Å². The largest absolute Gasteiger partial charge is 0.269 e. The van der Waals surface area contributed by atoms with Gasteiger partial charge in [-0.25, -0.2) is 13.8 Å². The molecule has 1 aliphatic heterocycles. The van der Waals surface area contributed by atoms with Crippen LogP contribution in [0.3, 0.4) is 0 Å². The first-order valence-electron chi connectivity index (χ1n) is 5.90. The molecule has 1 heterocycles. The van der Waals surface area contributed by atoms with Crippen molar-refractivity contribution in [3.8, 4) is 0 Å². The average molecular weight is 285 g/mol. The SMILES string of the molecule is CCS(=O)(=O)C1NNCC1c1cccc([N+](=O)[O-])c1. The minimum atomic E-state index is -3.27. The second kappa shape index (κ2) is 5.24. The fourth-order valence-corrected chi connectivity index (χ4v) is 3.53. The smallest absolute Gasteiger partial charge is 0.258 e. The van der Waals surface area contributed by atoms with Crippen LogP contribution < -0.4 is 10.9 Å². The van der Waals surface area contributed by atoms with E-state index in [1.807, 2.05) is 0 Å². The average Bonchev–Trinajstić information content (AvgIpc) is 2.89. The predicted molar refractivity (Wildman–Crippen MR) is 70.2 cm³/mol. The molecule has 2 atom stereocenters. The van der Waals surface area contributed by atoms with Crippen LogP contribution in [0.2, 0.25) is 0 Å². The van der Waals surface area contributed by atoms with Gasteiger partial charge in [0.1, 0.15) is 5.37 Å². The predicted octanol–water partition coefficient (Wildman–Crippen LogP) is 0.547. The fourth-order valence-electron chi connectivity index (χ4n) is 2.16. The molecule has 8 heteroatoms. The molecule has 2 unspecified atom stereocenters. The standard InChI is InChI=1S/C11H15N3O4S/c1-2-19(17,18)11-10(7-12-13-11)8-4-3-5-9(6-8)14(15)16/h3-6,10-13H,2,7H2,1H3. The molecule has 104 valence electrons. The van der Waals surface area contributed by atoms with Crippen molar-refractivity contribution in [3.63, 3.8) is 0 Å². The summed E-state index contributed by atoms with van der Waals surface area (Å²) in [5, 5.41) is 10.0. The molecule has 0 bridgehead atoms. The number of hydrazine groups is 1. The number of hydrogen-bond donors (Lipinski definition) is 2. The molecule has 1 saturated heterocycles. The molecular formula is C11H15N3O4S. The van der Waals surface area contributed by atoms with Crippen molar-refractivity contribution in [2.24, 2.45) is 0 Å². The van der Waals surface area contributed by atoms with Gasteiger partial charge in [-0.1, -0.05) is 19.1 Å². The molecule has 0 radical (unpaired) electrons. The molecular weight excluding hydrogens is 270 g/mol. The molecule has 7 nitrogen and oxygen atoms in total. The van der Waals surface area contributed by atoms with Crippen molar-refractivity contribution < 1.29 is 13.3 Å². The third-order valence-corrected chi connectivity index (χ3v) is 5.26. The van der Waals surface area contributed by atoms with E-state index >= 15 is 0 Å². The van der Waals surface area contributed by atoms with E-state index in [0.717, 1.165) is 0 Å². The molecule has 0 aromatic heterocycles. The number of nitrogens with one attached hydrogen (secondary N) is 2. The Kier molecular flexibility index (Phi) is 3.83. The van der Waals surface area contributed by atoms with Crippen LogP contribution in [0.5, 0.6) is 0 Å². The van der Waals surface area contributed by atoms with Gasteiger partial charge in [-0.15, -0.1) is 0 Å². The van der Waals surface area contributed by atoms with Gasteiger partial charge in [0, 0.05) is 30.3 Å². The van der Waals surface area contributed by atoms with Gasteiger partial charge < -0.3 is 0 Å². The maximum absolute atomic E-state index is 12.0. The Balaban J connectivity index is 2.35. The minimum Gasteiger partial charge on any atom is -0.258 e. The molecule has 0 aliphatic carbocycles. The summed E-state index contributed by atoms with van der Waals surface area (Å²) in [6, 6.07) is 6.10. The lowest BCUT2D eigenvalue weighted by Crippen LogP contribution is -2.39. The summed E-state index contributed by atoms with van der Waals surface area (Å²) >= 11 is 0. The second-order valence-electron chi connectivity index (χ2n) is 4.36. The summed E-state index contributed by atoms with van der Waals surface area (Å²) in [6.07, 6.45) is 0. The molecule has 1 aromatic carbocycles. The van der Waals surface area contributed by atoms with E-state index in [-0.39, 0.29) is 17.4 Å². The fraction of sp³-hybridized carbons (Fsp3) is 0.455. The summed E-state index contributed by atoms with van der Waals surface area (Å²) < 4.78 is 23.9. The quantitative estimate of drug-likeness (QED) is 0.618. The Bertz CT molecular complexity index is 587. The lowest BCUT2D eigenvalue weighted by atomic mass is 10.00. The Labute approximate surface area is 111 Å². The van der Waals surface area contributed by atoms with Crippen molar-refractivity contribution in [2.45, 2.75) is 18.2 Å². The van der Waals surface area contributed by atoms with Crippen molar-refractivity contribution in [3.05, 3.63) is 39.9 Å². The number of nitro benzene ring substituents is 1. The van der Waals surface area contributed by atoms with Crippen molar-refractivity contribution in [1.82, 2.24) is 10.9 Å². The van der Waals surface area contributed by atoms with Gasteiger partial charge in [-0.3, -0.25) is 15.5 Å². The van der Waals surface area contributed by atoms with Gasteiger partial charge in [-0.05, 0) is 5.56 Å². The van der Waals surface area contributed by atoms with Crippen molar-refractivity contribution >= 4 is 15.5 Å².